The SMILES string of the molecule is Cc1ncc(-c2ccc(C3CNC(=O)N3c3ccc4c(c3)N=CC4)cc2)s1.O=C1NCC(c2ccc(-c3cnc(C(F)(F)F)s3)cc2)N1c1ccc2c(c1)N=CC2.O=C1NCC(c2ccc(-c3cnc(C4CC4)s3)cc2)N1c1ccc2c(c1)N=CC2.O=C1NCC(c2ccc(-c3csc(C4CC4)n3)cc2)N1c1ccc2c(c1)N=CC2. The minimum atomic E-state index is -4.45. The van der Waals surface area contributed by atoms with Gasteiger partial charge in [-0.15, -0.1) is 45.3 Å². The van der Waals surface area contributed by atoms with E-state index in [4.69, 9.17) is 4.98 Å². The fourth-order valence-electron chi connectivity index (χ4n) is 15.6. The molecule has 12 aromatic rings. The second-order valence-electron chi connectivity index (χ2n) is 29.5. The molecule has 4 atom stereocenters. The number of urea groups is 4. The Morgan fingerprint density at radius 3 is 1.05 bits per heavy atom. The number of aromatic nitrogens is 4. The van der Waals surface area contributed by atoms with E-state index >= 15 is 0 Å². The number of fused-ring (bicyclic) bond motifs is 4. The van der Waals surface area contributed by atoms with Crippen LogP contribution in [-0.2, 0) is 31.9 Å². The van der Waals surface area contributed by atoms with Crippen molar-refractivity contribution in [1.29, 1.82) is 0 Å². The van der Waals surface area contributed by atoms with Gasteiger partial charge in [0.05, 0.1) is 82.3 Å². The minimum Gasteiger partial charge on any atom is -0.335 e. The molecule has 574 valence electrons. The van der Waals surface area contributed by atoms with Crippen LogP contribution < -0.4 is 40.9 Å². The number of carbonyl (C=O) groups excluding carboxylic acids is 4. The van der Waals surface area contributed by atoms with Gasteiger partial charge in [0, 0.05) is 141 Å². The number of rotatable bonds is 14. The molecule has 22 rings (SSSR count). The molecule has 8 aliphatic heterocycles. The molecule has 10 aliphatic rings. The number of nitrogens with zero attached hydrogens (tertiary/aromatic N) is 12. The Kier molecular flexibility index (Phi) is 19.5. The maximum absolute atomic E-state index is 12.8. The molecule has 8 amide bonds. The van der Waals surface area contributed by atoms with E-state index in [2.05, 4.69) is 153 Å². The molecule has 4 aromatic heterocycles. The van der Waals surface area contributed by atoms with E-state index in [0.29, 0.717) is 59.8 Å². The van der Waals surface area contributed by atoms with Gasteiger partial charge in [-0.05, 0) is 142 Å². The quantitative estimate of drug-likeness (QED) is 0.0816. The lowest BCUT2D eigenvalue weighted by Crippen LogP contribution is -2.29. The van der Waals surface area contributed by atoms with Gasteiger partial charge in [-0.1, -0.05) is 121 Å². The number of aryl methyl sites for hydroxylation is 1. The normalized spacial score (nSPS) is 19.1. The van der Waals surface area contributed by atoms with Crippen LogP contribution >= 0.6 is 45.3 Å². The highest BCUT2D eigenvalue weighted by Gasteiger charge is 2.40. The fraction of sp³-hybridized carbons (Fsp3) is 0.227. The third-order valence-electron chi connectivity index (χ3n) is 22.1. The molecular formula is C88H73F3N16O4S4. The lowest BCUT2D eigenvalue weighted by Gasteiger charge is -2.24. The first-order valence-corrected chi connectivity index (χ1v) is 41.6. The van der Waals surface area contributed by atoms with Gasteiger partial charge >= 0.3 is 30.3 Å². The highest BCUT2D eigenvalue weighted by atomic mass is 32.1. The zero-order chi connectivity index (χ0) is 78.0. The van der Waals surface area contributed by atoms with Gasteiger partial charge in [-0.2, -0.15) is 13.2 Å². The number of anilines is 4. The zero-order valence-electron chi connectivity index (χ0n) is 62.0. The monoisotopic (exact) mass is 1600 g/mol. The van der Waals surface area contributed by atoms with Crippen molar-refractivity contribution in [3.8, 4) is 42.6 Å². The maximum atomic E-state index is 12.8. The van der Waals surface area contributed by atoms with Crippen molar-refractivity contribution in [3.05, 3.63) is 258 Å². The van der Waals surface area contributed by atoms with E-state index in [-0.39, 0.29) is 48.3 Å². The van der Waals surface area contributed by atoms with Crippen LogP contribution in [0.1, 0.15) is 126 Å². The number of carbonyl (C=O) groups is 4. The lowest BCUT2D eigenvalue weighted by atomic mass is 10.0. The van der Waals surface area contributed by atoms with Crippen LogP contribution in [0.15, 0.2) is 214 Å². The number of thiazole rings is 4. The van der Waals surface area contributed by atoms with Gasteiger partial charge in [-0.3, -0.25) is 39.6 Å². The molecule has 0 bridgehead atoms. The van der Waals surface area contributed by atoms with Crippen LogP contribution in [0.2, 0.25) is 0 Å². The summed E-state index contributed by atoms with van der Waals surface area (Å²) in [6.07, 6.45) is 16.8. The Balaban J connectivity index is 0.000000103. The topological polar surface area (TPSA) is 230 Å². The summed E-state index contributed by atoms with van der Waals surface area (Å²) in [6.45, 7) is 4.25. The molecule has 2 aliphatic carbocycles. The highest BCUT2D eigenvalue weighted by Crippen LogP contribution is 2.47. The average molecular weight is 1600 g/mol. The number of amides is 8. The van der Waals surface area contributed by atoms with Gasteiger partial charge in [-0.25, -0.2) is 39.1 Å². The standard InChI is InChI=1S/2C23H20N4OS.C21H15F3N4OS.C21H18N4OS/c28-23-26-12-20(27(23)18-8-7-14-9-10-24-19(14)11-18)15-1-3-16(4-2-15)21-13-25-22(29-21)17-5-6-17;28-23-25-12-21(27(23)18-8-7-15-9-10-24-19(15)11-18)16-3-1-14(2-4-16)20-13-29-22(26-20)17-5-6-17;22-21(23,24)19-26-11-18(30-19)14-3-1-13(2-4-14)17-10-27-20(29)28(17)15-6-5-12-7-8-25-16(12)9-15;1-13-23-12-20(27-13)16-4-2-15(3-5-16)19-11-24-21(26)25(19)17-7-6-14-8-9-22-18(14)10-17/h1-4,7-8,10-11,13,17,20H,5-6,9,12H2,(H,26,28);1-4,7-8,10-11,13,17,21H,5-6,9,12H2,(H,25,28);1-6,8-9,11,17H,7,10H2,(H,27,29);2-7,9-10,12,19H,8,11H2,1H3,(H,24,26). The third kappa shape index (κ3) is 15.0. The Morgan fingerprint density at radius 1 is 0.383 bits per heavy atom. The molecule has 0 spiro atoms. The van der Waals surface area contributed by atoms with E-state index in [0.717, 1.165) is 126 Å². The summed E-state index contributed by atoms with van der Waals surface area (Å²) in [7, 11) is 0. The summed E-state index contributed by atoms with van der Waals surface area (Å²) >= 11 is 5.87. The first kappa shape index (κ1) is 73.0. The summed E-state index contributed by atoms with van der Waals surface area (Å²) in [6, 6.07) is 56.1. The van der Waals surface area contributed by atoms with Crippen molar-refractivity contribution < 1.29 is 32.3 Å². The minimum absolute atomic E-state index is 0.0246. The molecule has 4 N–H and O–H groups in total. The Labute approximate surface area is 676 Å². The number of benzene rings is 8. The smallest absolute Gasteiger partial charge is 0.335 e. The van der Waals surface area contributed by atoms with Crippen LogP contribution in [0.5, 0.6) is 0 Å². The van der Waals surface area contributed by atoms with Crippen LogP contribution in [0.25, 0.3) is 42.6 Å². The molecule has 4 unspecified atom stereocenters. The van der Waals surface area contributed by atoms with Gasteiger partial charge in [0.2, 0.25) is 0 Å². The zero-order valence-corrected chi connectivity index (χ0v) is 65.3. The van der Waals surface area contributed by atoms with Crippen molar-refractivity contribution in [2.75, 3.05) is 45.8 Å². The van der Waals surface area contributed by atoms with E-state index in [1.807, 2.05) is 126 Å². The molecule has 20 nitrogen and oxygen atoms in total. The summed E-state index contributed by atoms with van der Waals surface area (Å²) in [4.78, 5) is 95.1. The second kappa shape index (κ2) is 30.6. The summed E-state index contributed by atoms with van der Waals surface area (Å²) in [5, 5.41) is 16.7. The maximum Gasteiger partial charge on any atom is 0.443 e. The van der Waals surface area contributed by atoms with Crippen molar-refractivity contribution in [2.45, 2.75) is 100 Å². The first-order valence-electron chi connectivity index (χ1n) is 38.3. The van der Waals surface area contributed by atoms with Crippen molar-refractivity contribution in [3.63, 3.8) is 0 Å². The van der Waals surface area contributed by atoms with Crippen molar-refractivity contribution in [2.24, 2.45) is 20.0 Å². The molecule has 4 saturated heterocycles. The number of hydrogen-bond acceptors (Lipinski definition) is 16. The third-order valence-corrected chi connectivity index (χ3v) is 26.3. The Bertz CT molecular complexity index is 5730. The number of aliphatic imine (C=N–C) groups is 4. The number of nitrogens with one attached hydrogen (secondary N) is 4. The lowest BCUT2D eigenvalue weighted by molar-refractivity contribution is -0.137. The first-order chi connectivity index (χ1) is 56.1. The fourth-order valence-corrected chi connectivity index (χ4v) is 19.3. The molecule has 115 heavy (non-hydrogen) atoms. The van der Waals surface area contributed by atoms with Crippen LogP contribution in [-0.4, -0.2) is 95.1 Å². The summed E-state index contributed by atoms with van der Waals surface area (Å²) < 4.78 is 38.4. The van der Waals surface area contributed by atoms with E-state index < -0.39 is 11.2 Å². The molecule has 2 saturated carbocycles. The number of hydrogen-bond donors (Lipinski definition) is 4. The van der Waals surface area contributed by atoms with Crippen LogP contribution in [0, 0.1) is 6.92 Å². The van der Waals surface area contributed by atoms with Crippen molar-refractivity contribution >= 4 is 140 Å². The van der Waals surface area contributed by atoms with Crippen LogP contribution in [0.3, 0.4) is 0 Å². The van der Waals surface area contributed by atoms with Crippen molar-refractivity contribution in [1.82, 2.24) is 41.2 Å². The highest BCUT2D eigenvalue weighted by molar-refractivity contribution is 7.15. The molecule has 12 heterocycles. The van der Waals surface area contributed by atoms with E-state index in [9.17, 15) is 32.3 Å². The predicted octanol–water partition coefficient (Wildman–Crippen LogP) is 20.4. The van der Waals surface area contributed by atoms with E-state index in [1.165, 1.54) is 69.0 Å². The molecular weight excluding hydrogens is 1530 g/mol. The number of halogens is 3. The Hall–Kier alpha value is -12.2. The summed E-state index contributed by atoms with van der Waals surface area (Å²) in [5.41, 5.74) is 21.4. The molecule has 6 fully saturated rings. The molecule has 0 radical (unpaired) electrons. The van der Waals surface area contributed by atoms with E-state index in [1.54, 1.807) is 51.0 Å². The van der Waals surface area contributed by atoms with Gasteiger partial charge in [0.15, 0.2) is 5.01 Å². The summed E-state index contributed by atoms with van der Waals surface area (Å²) in [5.74, 6) is 1.38. The van der Waals surface area contributed by atoms with Gasteiger partial charge < -0.3 is 21.3 Å². The largest absolute Gasteiger partial charge is 0.443 e. The Morgan fingerprint density at radius 2 is 0.713 bits per heavy atom. The molecule has 27 heteroatoms. The molecule has 8 aromatic carbocycles. The van der Waals surface area contributed by atoms with Gasteiger partial charge in [0.1, 0.15) is 0 Å². The van der Waals surface area contributed by atoms with Gasteiger partial charge in [0.25, 0.3) is 0 Å². The second-order valence-corrected chi connectivity index (χ2v) is 33.8. The average Bonchev–Trinajstić information content (AvgIpc) is 1.66. The van der Waals surface area contributed by atoms with Crippen LogP contribution in [0.4, 0.5) is 77.8 Å². The predicted molar refractivity (Wildman–Crippen MR) is 452 cm³/mol. The number of alkyl halides is 3.